The fourth-order valence-electron chi connectivity index (χ4n) is 0.924. The van der Waals surface area contributed by atoms with Crippen molar-refractivity contribution in [3.8, 4) is 0 Å². The molecule has 0 saturated heterocycles. The van der Waals surface area contributed by atoms with E-state index < -0.39 is 5.97 Å². The van der Waals surface area contributed by atoms with Gasteiger partial charge in [0.25, 0.3) is 0 Å². The normalized spacial score (nSPS) is 8.73. The van der Waals surface area contributed by atoms with E-state index in [4.69, 9.17) is 5.11 Å². The molecule has 82 valence electrons. The second-order valence-corrected chi connectivity index (χ2v) is 3.57. The quantitative estimate of drug-likeness (QED) is 0.751. The number of benzene rings is 1. The Morgan fingerprint density at radius 2 is 1.93 bits per heavy atom. The largest absolute Gasteiger partial charge is 0.478 e. The maximum absolute atomic E-state index is 10.5. The van der Waals surface area contributed by atoms with E-state index in [1.54, 1.807) is 18.2 Å². The average Bonchev–Trinajstić information content (AvgIpc) is 2.17. The summed E-state index contributed by atoms with van der Waals surface area (Å²) in [6.07, 6.45) is 0.876. The number of rotatable bonds is 2. The Labute approximate surface area is 91.3 Å². The number of carbonyl (C=O) groups is 1. The summed E-state index contributed by atoms with van der Waals surface area (Å²) in [6, 6.07) is 6.98. The SMILES string of the molecule is C=C(C)C.CCc1cccc(C(=O)O)c1. The highest BCUT2D eigenvalue weighted by atomic mass is 16.4. The smallest absolute Gasteiger partial charge is 0.335 e. The predicted molar refractivity (Wildman–Crippen MR) is 63.3 cm³/mol. The Balaban J connectivity index is 0.000000423. The summed E-state index contributed by atoms with van der Waals surface area (Å²) in [7, 11) is 0. The van der Waals surface area contributed by atoms with Crippen molar-refractivity contribution in [2.45, 2.75) is 27.2 Å². The minimum Gasteiger partial charge on any atom is -0.478 e. The monoisotopic (exact) mass is 206 g/mol. The standard InChI is InChI=1S/C9H10O2.C4H8/c1-2-7-4-3-5-8(6-7)9(10)11;1-4(2)3/h3-6H,2H2,1H3,(H,10,11);1H2,2-3H3. The summed E-state index contributed by atoms with van der Waals surface area (Å²) in [6.45, 7) is 9.50. The molecule has 1 aromatic rings. The van der Waals surface area contributed by atoms with Gasteiger partial charge in [-0.3, -0.25) is 0 Å². The molecule has 0 amide bonds. The van der Waals surface area contributed by atoms with Crippen LogP contribution in [0, 0.1) is 0 Å². The van der Waals surface area contributed by atoms with Crippen LogP contribution in [-0.4, -0.2) is 11.1 Å². The summed E-state index contributed by atoms with van der Waals surface area (Å²) in [5.41, 5.74) is 2.59. The molecule has 0 atom stereocenters. The molecule has 0 aliphatic carbocycles. The molecule has 0 aromatic heterocycles. The van der Waals surface area contributed by atoms with Crippen LogP contribution in [0.2, 0.25) is 0 Å². The van der Waals surface area contributed by atoms with Gasteiger partial charge in [0.05, 0.1) is 5.56 Å². The van der Waals surface area contributed by atoms with Gasteiger partial charge in [0.15, 0.2) is 0 Å². The minimum atomic E-state index is -0.861. The lowest BCUT2D eigenvalue weighted by molar-refractivity contribution is 0.0697. The fraction of sp³-hybridized carbons (Fsp3) is 0.308. The maximum Gasteiger partial charge on any atom is 0.335 e. The molecule has 0 radical (unpaired) electrons. The lowest BCUT2D eigenvalue weighted by atomic mass is 10.1. The highest BCUT2D eigenvalue weighted by molar-refractivity contribution is 5.87. The van der Waals surface area contributed by atoms with Gasteiger partial charge in [0.2, 0.25) is 0 Å². The van der Waals surface area contributed by atoms with Crippen molar-refractivity contribution < 1.29 is 9.90 Å². The summed E-state index contributed by atoms with van der Waals surface area (Å²) < 4.78 is 0. The van der Waals surface area contributed by atoms with E-state index in [1.807, 2.05) is 26.8 Å². The number of hydrogen-bond donors (Lipinski definition) is 1. The average molecular weight is 206 g/mol. The summed E-state index contributed by atoms with van der Waals surface area (Å²) in [5, 5.41) is 8.60. The molecule has 2 nitrogen and oxygen atoms in total. The number of aryl methyl sites for hydroxylation is 1. The van der Waals surface area contributed by atoms with E-state index in [0.29, 0.717) is 5.56 Å². The van der Waals surface area contributed by atoms with Gasteiger partial charge in [0.1, 0.15) is 0 Å². The van der Waals surface area contributed by atoms with Crippen molar-refractivity contribution in [2.24, 2.45) is 0 Å². The van der Waals surface area contributed by atoms with Gasteiger partial charge >= 0.3 is 5.97 Å². The summed E-state index contributed by atoms with van der Waals surface area (Å²) in [5.74, 6) is -0.861. The Bertz CT molecular complexity index is 336. The zero-order valence-electron chi connectivity index (χ0n) is 9.58. The van der Waals surface area contributed by atoms with Gasteiger partial charge in [0, 0.05) is 0 Å². The second-order valence-electron chi connectivity index (χ2n) is 3.57. The first-order valence-electron chi connectivity index (χ1n) is 4.91. The lowest BCUT2D eigenvalue weighted by Gasteiger charge is -1.97. The molecule has 0 heterocycles. The van der Waals surface area contributed by atoms with Gasteiger partial charge in [-0.05, 0) is 38.0 Å². The van der Waals surface area contributed by atoms with Crippen LogP contribution in [0.1, 0.15) is 36.7 Å². The third-order valence-corrected chi connectivity index (χ3v) is 1.58. The predicted octanol–water partition coefficient (Wildman–Crippen LogP) is 3.53. The van der Waals surface area contributed by atoms with Crippen molar-refractivity contribution in [1.29, 1.82) is 0 Å². The Morgan fingerprint density at radius 3 is 2.33 bits per heavy atom. The van der Waals surface area contributed by atoms with E-state index in [2.05, 4.69) is 6.58 Å². The molecule has 1 aromatic carbocycles. The van der Waals surface area contributed by atoms with Crippen LogP contribution in [0.5, 0.6) is 0 Å². The van der Waals surface area contributed by atoms with Crippen molar-refractivity contribution >= 4 is 5.97 Å². The summed E-state index contributed by atoms with van der Waals surface area (Å²) >= 11 is 0. The van der Waals surface area contributed by atoms with Crippen molar-refractivity contribution in [2.75, 3.05) is 0 Å². The molecular formula is C13H18O2. The lowest BCUT2D eigenvalue weighted by Crippen LogP contribution is -1.96. The molecule has 0 aliphatic heterocycles. The number of carboxylic acids is 1. The Kier molecular flexibility index (Phi) is 6.11. The van der Waals surface area contributed by atoms with Crippen molar-refractivity contribution in [3.63, 3.8) is 0 Å². The van der Waals surface area contributed by atoms with E-state index in [1.165, 1.54) is 5.57 Å². The fourth-order valence-corrected chi connectivity index (χ4v) is 0.924. The van der Waals surface area contributed by atoms with E-state index in [-0.39, 0.29) is 0 Å². The van der Waals surface area contributed by atoms with Gasteiger partial charge in [-0.15, -0.1) is 6.58 Å². The minimum absolute atomic E-state index is 0.365. The highest BCUT2D eigenvalue weighted by Crippen LogP contribution is 2.05. The van der Waals surface area contributed by atoms with Crippen molar-refractivity contribution in [3.05, 3.63) is 47.5 Å². The van der Waals surface area contributed by atoms with Gasteiger partial charge < -0.3 is 5.11 Å². The Hall–Kier alpha value is -1.57. The van der Waals surface area contributed by atoms with E-state index in [0.717, 1.165) is 12.0 Å². The number of carboxylic acid groups (broad SMARTS) is 1. The molecule has 0 fully saturated rings. The number of aromatic carboxylic acids is 1. The highest BCUT2D eigenvalue weighted by Gasteiger charge is 2.00. The molecule has 1 N–H and O–H groups in total. The van der Waals surface area contributed by atoms with Crippen LogP contribution in [0.3, 0.4) is 0 Å². The van der Waals surface area contributed by atoms with E-state index >= 15 is 0 Å². The molecule has 0 spiro atoms. The summed E-state index contributed by atoms with van der Waals surface area (Å²) in [4.78, 5) is 10.5. The zero-order chi connectivity index (χ0) is 11.8. The first-order valence-corrected chi connectivity index (χ1v) is 4.91. The van der Waals surface area contributed by atoms with Crippen LogP contribution < -0.4 is 0 Å². The second kappa shape index (κ2) is 6.82. The third-order valence-electron chi connectivity index (χ3n) is 1.58. The first-order chi connectivity index (χ1) is 6.97. The topological polar surface area (TPSA) is 37.3 Å². The van der Waals surface area contributed by atoms with Crippen LogP contribution in [0.4, 0.5) is 0 Å². The van der Waals surface area contributed by atoms with Gasteiger partial charge in [-0.2, -0.15) is 0 Å². The zero-order valence-corrected chi connectivity index (χ0v) is 9.58. The molecule has 0 bridgehead atoms. The Morgan fingerprint density at radius 1 is 1.40 bits per heavy atom. The van der Waals surface area contributed by atoms with Crippen molar-refractivity contribution in [1.82, 2.24) is 0 Å². The molecule has 1 rings (SSSR count). The molecule has 0 saturated carbocycles. The van der Waals surface area contributed by atoms with Crippen LogP contribution >= 0.6 is 0 Å². The molecular weight excluding hydrogens is 188 g/mol. The van der Waals surface area contributed by atoms with E-state index in [9.17, 15) is 4.79 Å². The first kappa shape index (κ1) is 13.4. The number of allylic oxidation sites excluding steroid dienone is 1. The molecule has 0 unspecified atom stereocenters. The van der Waals surface area contributed by atoms with Gasteiger partial charge in [-0.1, -0.05) is 24.6 Å². The molecule has 0 aliphatic rings. The third kappa shape index (κ3) is 6.49. The van der Waals surface area contributed by atoms with Gasteiger partial charge in [-0.25, -0.2) is 4.79 Å². The van der Waals surface area contributed by atoms with Crippen LogP contribution in [-0.2, 0) is 6.42 Å². The number of hydrogen-bond acceptors (Lipinski definition) is 1. The molecule has 2 heteroatoms. The van der Waals surface area contributed by atoms with Crippen LogP contribution in [0.25, 0.3) is 0 Å². The maximum atomic E-state index is 10.5. The molecule has 15 heavy (non-hydrogen) atoms. The van der Waals surface area contributed by atoms with Crippen LogP contribution in [0.15, 0.2) is 36.4 Å².